The van der Waals surface area contributed by atoms with Crippen LogP contribution < -0.4 is 19.6 Å². The Labute approximate surface area is 214 Å². The molecule has 0 N–H and O–H groups in total. The molecule has 4 rings (SSSR count). The molecule has 0 amide bonds. The van der Waals surface area contributed by atoms with Gasteiger partial charge in [-0.15, -0.1) is 0 Å². The van der Waals surface area contributed by atoms with E-state index in [2.05, 4.69) is 20.9 Å². The highest BCUT2D eigenvalue weighted by molar-refractivity contribution is 9.10. The molecule has 1 unspecified atom stereocenters. The van der Waals surface area contributed by atoms with Crippen LogP contribution in [-0.4, -0.2) is 23.1 Å². The Balaban J connectivity index is 1.96. The van der Waals surface area contributed by atoms with Gasteiger partial charge in [-0.05, 0) is 50.6 Å². The molecule has 3 aromatic rings. The maximum absolute atomic E-state index is 13.7. The molecule has 0 fully saturated rings. The number of allylic oxidation sites excluding steroid dienone is 1. The van der Waals surface area contributed by atoms with Crippen LogP contribution in [0.15, 0.2) is 68.0 Å². The van der Waals surface area contributed by atoms with Gasteiger partial charge in [0.15, 0.2) is 4.80 Å². The largest absolute Gasteiger partial charge is 0.463 e. The molecule has 0 bridgehead atoms. The molecule has 2 heterocycles. The van der Waals surface area contributed by atoms with Crippen LogP contribution in [0.4, 0.5) is 0 Å². The molecule has 180 valence electrons. The Kier molecular flexibility index (Phi) is 7.18. The van der Waals surface area contributed by atoms with Crippen molar-refractivity contribution < 1.29 is 19.1 Å². The lowest BCUT2D eigenvalue weighted by atomic mass is 9.95. The Bertz CT molecular complexity index is 1530. The predicted octanol–water partition coefficient (Wildman–Crippen LogP) is 3.79. The number of hydrogen-bond donors (Lipinski definition) is 0. The first-order chi connectivity index (χ1) is 16.7. The van der Waals surface area contributed by atoms with Crippen LogP contribution >= 0.6 is 27.3 Å². The summed E-state index contributed by atoms with van der Waals surface area (Å²) in [6.07, 6.45) is 1.67. The van der Waals surface area contributed by atoms with Crippen LogP contribution in [0.25, 0.3) is 6.08 Å². The topological polar surface area (TPSA) is 87.0 Å². The zero-order valence-corrected chi connectivity index (χ0v) is 22.0. The van der Waals surface area contributed by atoms with Gasteiger partial charge in [-0.25, -0.2) is 9.79 Å². The predicted molar refractivity (Wildman–Crippen MR) is 137 cm³/mol. The number of ether oxygens (including phenoxy) is 2. The molecular formula is C26H23BrN2O5S. The highest BCUT2D eigenvalue weighted by Gasteiger charge is 2.33. The van der Waals surface area contributed by atoms with Crippen LogP contribution in [-0.2, 0) is 14.3 Å². The number of aryl methyl sites for hydroxylation is 1. The van der Waals surface area contributed by atoms with E-state index in [1.165, 1.54) is 22.8 Å². The summed E-state index contributed by atoms with van der Waals surface area (Å²) in [6, 6.07) is 12.2. The van der Waals surface area contributed by atoms with E-state index < -0.39 is 18.0 Å². The van der Waals surface area contributed by atoms with Crippen molar-refractivity contribution in [2.75, 3.05) is 6.61 Å². The maximum atomic E-state index is 13.7. The van der Waals surface area contributed by atoms with E-state index in [-0.39, 0.29) is 12.2 Å². The highest BCUT2D eigenvalue weighted by Crippen LogP contribution is 2.31. The molecule has 2 aromatic carbocycles. The second-order valence-electron chi connectivity index (χ2n) is 7.99. The lowest BCUT2D eigenvalue weighted by Gasteiger charge is -2.24. The molecule has 0 aliphatic carbocycles. The van der Waals surface area contributed by atoms with Crippen molar-refractivity contribution in [3.8, 4) is 5.75 Å². The van der Waals surface area contributed by atoms with Crippen molar-refractivity contribution in [1.82, 2.24) is 4.57 Å². The smallest absolute Gasteiger partial charge is 0.338 e. The molecule has 0 saturated heterocycles. The molecule has 0 radical (unpaired) electrons. The third-order valence-corrected chi connectivity index (χ3v) is 6.90. The van der Waals surface area contributed by atoms with Crippen LogP contribution in [0.3, 0.4) is 0 Å². The lowest BCUT2D eigenvalue weighted by molar-refractivity contribution is -0.139. The van der Waals surface area contributed by atoms with Gasteiger partial charge >= 0.3 is 11.9 Å². The van der Waals surface area contributed by atoms with Gasteiger partial charge in [0.05, 0.1) is 28.5 Å². The summed E-state index contributed by atoms with van der Waals surface area (Å²) in [5.74, 6) is -0.625. The summed E-state index contributed by atoms with van der Waals surface area (Å²) >= 11 is 4.64. The van der Waals surface area contributed by atoms with E-state index >= 15 is 0 Å². The Morgan fingerprint density at radius 1 is 1.17 bits per heavy atom. The van der Waals surface area contributed by atoms with Gasteiger partial charge in [0.1, 0.15) is 5.75 Å². The van der Waals surface area contributed by atoms with Gasteiger partial charge in [0.25, 0.3) is 5.56 Å². The lowest BCUT2D eigenvalue weighted by Crippen LogP contribution is -2.39. The van der Waals surface area contributed by atoms with Gasteiger partial charge in [0.2, 0.25) is 0 Å². The fourth-order valence-corrected chi connectivity index (χ4v) is 5.29. The molecular weight excluding hydrogens is 532 g/mol. The molecule has 1 aliphatic heterocycles. The average Bonchev–Trinajstić information content (AvgIpc) is 3.09. The second-order valence-corrected chi connectivity index (χ2v) is 9.91. The number of halogens is 1. The van der Waals surface area contributed by atoms with Crippen LogP contribution in [0.5, 0.6) is 5.75 Å². The van der Waals surface area contributed by atoms with E-state index in [4.69, 9.17) is 9.47 Å². The quantitative estimate of drug-likeness (QED) is 0.353. The van der Waals surface area contributed by atoms with Crippen LogP contribution in [0.1, 0.15) is 43.5 Å². The fourth-order valence-electron chi connectivity index (χ4n) is 3.88. The Morgan fingerprint density at radius 2 is 1.89 bits per heavy atom. The van der Waals surface area contributed by atoms with Crippen LogP contribution in [0, 0.1) is 6.92 Å². The number of carbonyl (C=O) groups is 2. The van der Waals surface area contributed by atoms with E-state index in [1.807, 2.05) is 31.2 Å². The summed E-state index contributed by atoms with van der Waals surface area (Å²) in [5.41, 5.74) is 2.94. The van der Waals surface area contributed by atoms with Crippen molar-refractivity contribution in [1.29, 1.82) is 0 Å². The number of nitrogens with zero attached hydrogens (tertiary/aromatic N) is 2. The average molecular weight is 555 g/mol. The number of hydrogen-bond acceptors (Lipinski definition) is 7. The highest BCUT2D eigenvalue weighted by atomic mass is 79.9. The molecule has 0 spiro atoms. The molecule has 0 saturated carbocycles. The maximum Gasteiger partial charge on any atom is 0.338 e. The minimum Gasteiger partial charge on any atom is -0.463 e. The van der Waals surface area contributed by atoms with Crippen molar-refractivity contribution in [2.45, 2.75) is 33.7 Å². The summed E-state index contributed by atoms with van der Waals surface area (Å²) < 4.78 is 13.3. The number of benzene rings is 2. The third kappa shape index (κ3) is 5.06. The molecule has 7 nitrogen and oxygen atoms in total. The van der Waals surface area contributed by atoms with Crippen molar-refractivity contribution in [3.05, 3.63) is 94.6 Å². The first-order valence-electron chi connectivity index (χ1n) is 10.9. The summed E-state index contributed by atoms with van der Waals surface area (Å²) in [4.78, 5) is 43.3. The van der Waals surface area contributed by atoms with Gasteiger partial charge in [-0.2, -0.15) is 0 Å². The molecule has 1 aliphatic rings. The molecule has 9 heteroatoms. The van der Waals surface area contributed by atoms with Crippen molar-refractivity contribution in [2.24, 2.45) is 4.99 Å². The van der Waals surface area contributed by atoms with Gasteiger partial charge < -0.3 is 9.47 Å². The number of thiazole rings is 1. The third-order valence-electron chi connectivity index (χ3n) is 5.42. The number of carbonyl (C=O) groups excluding carboxylic acids is 2. The first kappa shape index (κ1) is 24.8. The van der Waals surface area contributed by atoms with Gasteiger partial charge in [-0.3, -0.25) is 14.2 Å². The minimum atomic E-state index is -0.677. The van der Waals surface area contributed by atoms with E-state index in [0.29, 0.717) is 31.9 Å². The number of esters is 2. The van der Waals surface area contributed by atoms with Crippen molar-refractivity contribution >= 4 is 45.3 Å². The normalized spacial score (nSPS) is 15.5. The second kappa shape index (κ2) is 10.1. The molecule has 1 aromatic heterocycles. The number of rotatable bonds is 5. The monoisotopic (exact) mass is 554 g/mol. The van der Waals surface area contributed by atoms with E-state index in [1.54, 1.807) is 38.1 Å². The summed E-state index contributed by atoms with van der Waals surface area (Å²) in [6.45, 7) is 6.99. The molecule has 35 heavy (non-hydrogen) atoms. The minimum absolute atomic E-state index is 0.211. The number of fused-ring (bicyclic) bond motifs is 1. The number of aromatic nitrogens is 1. The van der Waals surface area contributed by atoms with Crippen LogP contribution in [0.2, 0.25) is 0 Å². The molecule has 1 atom stereocenters. The zero-order valence-electron chi connectivity index (χ0n) is 19.6. The summed E-state index contributed by atoms with van der Waals surface area (Å²) in [5, 5.41) is 0. The van der Waals surface area contributed by atoms with E-state index in [0.717, 1.165) is 15.6 Å². The van der Waals surface area contributed by atoms with Crippen molar-refractivity contribution in [3.63, 3.8) is 0 Å². The first-order valence-corrected chi connectivity index (χ1v) is 12.5. The standard InChI is InChI=1S/C26H23BrN2O5S/c1-5-33-25(32)22-15(3)28-26-29(23(22)17-8-6-14(2)7-9-17)24(31)21(35-26)13-18-12-19(27)10-11-20(18)34-16(4)30/h6-13,23H,5H2,1-4H3/b21-13+. The van der Waals surface area contributed by atoms with Gasteiger partial charge in [0, 0.05) is 17.0 Å². The Morgan fingerprint density at radius 3 is 2.54 bits per heavy atom. The van der Waals surface area contributed by atoms with Gasteiger partial charge in [-0.1, -0.05) is 57.1 Å². The van der Waals surface area contributed by atoms with E-state index in [9.17, 15) is 14.4 Å². The SMILES string of the molecule is CCOC(=O)C1=C(C)N=c2s/c(=C/c3cc(Br)ccc3OC(C)=O)c(=O)n2C1c1ccc(C)cc1. The summed E-state index contributed by atoms with van der Waals surface area (Å²) in [7, 11) is 0. The Hall–Kier alpha value is -3.30. The fraction of sp³-hybridized carbons (Fsp3) is 0.231. The zero-order chi connectivity index (χ0) is 25.3.